The number of quaternary nitrogens is 2. The Morgan fingerprint density at radius 1 is 0.375 bits per heavy atom. The molecule has 0 heterocycles. The lowest BCUT2D eigenvalue weighted by atomic mass is 10.1. The first-order valence-electron chi connectivity index (χ1n) is 24.2. The van der Waals surface area contributed by atoms with Gasteiger partial charge in [-0.05, 0) is 76.4 Å². The quantitative estimate of drug-likeness (QED) is 0.0368. The summed E-state index contributed by atoms with van der Waals surface area (Å²) in [5.41, 5.74) is 0. The van der Waals surface area contributed by atoms with Crippen LogP contribution in [0.1, 0.15) is 206 Å². The van der Waals surface area contributed by atoms with Crippen molar-refractivity contribution in [2.75, 3.05) is 67.5 Å². The summed E-state index contributed by atoms with van der Waals surface area (Å²) in [6.45, 7) is 10.2. The maximum absolute atomic E-state index is 12.3. The van der Waals surface area contributed by atoms with Gasteiger partial charge in [0.1, 0.15) is 0 Å². The summed E-state index contributed by atoms with van der Waals surface area (Å²) >= 11 is 0. The van der Waals surface area contributed by atoms with Gasteiger partial charge in [0.15, 0.2) is 0 Å². The largest absolute Gasteiger partial charge is 0.356 e. The molecule has 0 aromatic carbocycles. The van der Waals surface area contributed by atoms with Crippen LogP contribution in [0.15, 0.2) is 36.5 Å². The molecular weight excluding hydrogens is 689 g/mol. The monoisotopic (exact) mass is 787 g/mol. The van der Waals surface area contributed by atoms with Gasteiger partial charge in [0.05, 0.1) is 54.4 Å². The Labute approximate surface area is 350 Å². The van der Waals surface area contributed by atoms with Crippen LogP contribution >= 0.6 is 0 Å². The first-order chi connectivity index (χ1) is 27.1. The van der Waals surface area contributed by atoms with E-state index >= 15 is 0 Å². The zero-order valence-corrected chi connectivity index (χ0v) is 38.6. The number of amides is 2. The molecule has 6 heteroatoms. The molecule has 0 radical (unpaired) electrons. The standard InChI is InChI=1S/C50H96N4O2/c1-7-9-11-13-15-17-19-21-23-25-27-29-31-33-35-41-49(55)51-43-39-47-53(3,4)45-37-38-46-54(5,6)48-40-44-52-50(56)42-36-34-32-30-28-26-24-22-20-18-16-14-12-10-8-2/h19,21-22,24,37-38H,7-18,20,23,25-36,39-48H2,1-6H3/p+2. The Kier molecular flexibility index (Phi) is 38.5. The predicted octanol–water partition coefficient (Wildman–Crippen LogP) is 12.8. The summed E-state index contributed by atoms with van der Waals surface area (Å²) in [5.74, 6) is 0.430. The van der Waals surface area contributed by atoms with Crippen LogP contribution in [0.4, 0.5) is 0 Å². The Morgan fingerprint density at radius 2 is 0.661 bits per heavy atom. The van der Waals surface area contributed by atoms with E-state index in [-0.39, 0.29) is 11.8 Å². The van der Waals surface area contributed by atoms with Crippen LogP contribution in [-0.2, 0) is 9.59 Å². The second-order valence-electron chi connectivity index (χ2n) is 18.2. The highest BCUT2D eigenvalue weighted by Crippen LogP contribution is 2.12. The Bertz CT molecular complexity index is 970. The van der Waals surface area contributed by atoms with Crippen LogP contribution in [0.5, 0.6) is 0 Å². The van der Waals surface area contributed by atoms with E-state index in [9.17, 15) is 9.59 Å². The number of rotatable bonds is 42. The van der Waals surface area contributed by atoms with Crippen molar-refractivity contribution in [1.82, 2.24) is 10.6 Å². The minimum Gasteiger partial charge on any atom is -0.356 e. The van der Waals surface area contributed by atoms with Gasteiger partial charge in [-0.3, -0.25) is 9.59 Å². The lowest BCUT2D eigenvalue weighted by molar-refractivity contribution is -0.887. The van der Waals surface area contributed by atoms with Crippen LogP contribution in [0, 0.1) is 0 Å². The molecule has 0 atom stereocenters. The predicted molar refractivity (Wildman–Crippen MR) is 247 cm³/mol. The van der Waals surface area contributed by atoms with Crippen molar-refractivity contribution >= 4 is 11.8 Å². The molecule has 0 saturated heterocycles. The molecule has 2 N–H and O–H groups in total. The average molecular weight is 787 g/mol. The van der Waals surface area contributed by atoms with E-state index in [1.165, 1.54) is 148 Å². The number of nitrogens with zero attached hydrogens (tertiary/aromatic N) is 2. The van der Waals surface area contributed by atoms with E-state index in [4.69, 9.17) is 0 Å². The fourth-order valence-corrected chi connectivity index (χ4v) is 7.26. The molecule has 0 saturated carbocycles. The lowest BCUT2D eigenvalue weighted by Gasteiger charge is -2.30. The molecule has 0 aliphatic rings. The summed E-state index contributed by atoms with van der Waals surface area (Å²) in [6.07, 6.45) is 50.8. The molecule has 0 spiro atoms. The molecule has 0 rings (SSSR count). The van der Waals surface area contributed by atoms with E-state index < -0.39 is 0 Å². The van der Waals surface area contributed by atoms with E-state index in [2.05, 4.69) is 89.1 Å². The van der Waals surface area contributed by atoms with Crippen molar-refractivity contribution in [1.29, 1.82) is 0 Å². The lowest BCUT2D eigenvalue weighted by Crippen LogP contribution is -2.43. The third-order valence-corrected chi connectivity index (χ3v) is 11.2. The molecule has 56 heavy (non-hydrogen) atoms. The van der Waals surface area contributed by atoms with Crippen molar-refractivity contribution in [2.24, 2.45) is 0 Å². The van der Waals surface area contributed by atoms with E-state index in [0.29, 0.717) is 12.8 Å². The minimum atomic E-state index is 0.214. The Balaban J connectivity index is 3.72. The van der Waals surface area contributed by atoms with E-state index in [0.717, 1.165) is 80.3 Å². The van der Waals surface area contributed by atoms with Crippen molar-refractivity contribution in [2.45, 2.75) is 206 Å². The number of allylic oxidation sites excluding steroid dienone is 4. The van der Waals surface area contributed by atoms with Gasteiger partial charge in [0, 0.05) is 38.8 Å². The van der Waals surface area contributed by atoms with Gasteiger partial charge in [-0.15, -0.1) is 0 Å². The van der Waals surface area contributed by atoms with Gasteiger partial charge in [-0.25, -0.2) is 0 Å². The van der Waals surface area contributed by atoms with Crippen molar-refractivity contribution < 1.29 is 18.6 Å². The fourth-order valence-electron chi connectivity index (χ4n) is 7.26. The second-order valence-corrected chi connectivity index (χ2v) is 18.2. The number of carbonyl (C=O) groups is 2. The van der Waals surface area contributed by atoms with Crippen molar-refractivity contribution in [3.63, 3.8) is 0 Å². The van der Waals surface area contributed by atoms with Crippen molar-refractivity contribution in [3.8, 4) is 0 Å². The normalized spacial score (nSPS) is 12.5. The summed E-state index contributed by atoms with van der Waals surface area (Å²) in [7, 11) is 9.10. The maximum atomic E-state index is 12.3. The number of likely N-dealkylation sites (N-methyl/N-ethyl adjacent to an activating group) is 2. The Morgan fingerprint density at radius 3 is 0.982 bits per heavy atom. The first-order valence-corrected chi connectivity index (χ1v) is 24.2. The second kappa shape index (κ2) is 39.9. The highest BCUT2D eigenvalue weighted by molar-refractivity contribution is 5.76. The highest BCUT2D eigenvalue weighted by atomic mass is 16.2. The molecule has 328 valence electrons. The molecule has 0 aliphatic carbocycles. The smallest absolute Gasteiger partial charge is 0.219 e. The van der Waals surface area contributed by atoms with Gasteiger partial charge >= 0.3 is 0 Å². The Hall–Kier alpha value is -1.92. The van der Waals surface area contributed by atoms with Crippen LogP contribution in [0.2, 0.25) is 0 Å². The molecule has 0 fully saturated rings. The number of hydrogen-bond donors (Lipinski definition) is 2. The molecule has 6 nitrogen and oxygen atoms in total. The fraction of sp³-hybridized carbons (Fsp3) is 0.840. The van der Waals surface area contributed by atoms with Gasteiger partial charge in [0.25, 0.3) is 0 Å². The summed E-state index contributed by atoms with van der Waals surface area (Å²) < 4.78 is 1.86. The summed E-state index contributed by atoms with van der Waals surface area (Å²) in [4.78, 5) is 24.6. The number of carbonyl (C=O) groups excluding carboxylic acids is 2. The molecule has 0 aromatic rings. The zero-order chi connectivity index (χ0) is 41.3. The van der Waals surface area contributed by atoms with Crippen LogP contribution in [0.25, 0.3) is 0 Å². The summed E-state index contributed by atoms with van der Waals surface area (Å²) in [6, 6.07) is 0. The molecule has 0 bridgehead atoms. The van der Waals surface area contributed by atoms with Crippen LogP contribution < -0.4 is 10.6 Å². The topological polar surface area (TPSA) is 58.2 Å². The zero-order valence-electron chi connectivity index (χ0n) is 38.6. The molecule has 2 amide bonds. The molecule has 0 unspecified atom stereocenters. The van der Waals surface area contributed by atoms with Gasteiger partial charge < -0.3 is 19.6 Å². The van der Waals surface area contributed by atoms with Gasteiger partial charge in [-0.2, -0.15) is 0 Å². The van der Waals surface area contributed by atoms with Crippen LogP contribution in [-0.4, -0.2) is 88.2 Å². The molecular formula is C50H98N4O2+2. The highest BCUT2D eigenvalue weighted by Gasteiger charge is 2.15. The molecule has 0 aliphatic heterocycles. The number of unbranched alkanes of at least 4 members (excludes halogenated alkanes) is 22. The van der Waals surface area contributed by atoms with E-state index in [1.807, 2.05) is 0 Å². The third kappa shape index (κ3) is 41.7. The van der Waals surface area contributed by atoms with Crippen molar-refractivity contribution in [3.05, 3.63) is 36.5 Å². The average Bonchev–Trinajstić information content (AvgIpc) is 3.17. The SMILES string of the molecule is CCCCCCCC=CCCCCCCCCC(=O)NCCC[N+](C)(C)CC=CC[N+](C)(C)CCCNC(=O)CCCCCCCC=CCCCCCCCC. The number of nitrogens with one attached hydrogen (secondary N) is 2. The maximum Gasteiger partial charge on any atom is 0.219 e. The van der Waals surface area contributed by atoms with Gasteiger partial charge in [0.2, 0.25) is 11.8 Å². The van der Waals surface area contributed by atoms with Gasteiger partial charge in [-0.1, -0.05) is 141 Å². The number of hydrogen-bond acceptors (Lipinski definition) is 2. The van der Waals surface area contributed by atoms with Crippen LogP contribution in [0.3, 0.4) is 0 Å². The first kappa shape index (κ1) is 54.1. The minimum absolute atomic E-state index is 0.214. The van der Waals surface area contributed by atoms with E-state index in [1.54, 1.807) is 0 Å². The molecule has 0 aromatic heterocycles. The summed E-state index contributed by atoms with van der Waals surface area (Å²) in [5, 5.41) is 6.30. The third-order valence-electron chi connectivity index (χ3n) is 11.2.